The predicted molar refractivity (Wildman–Crippen MR) is 90.4 cm³/mol. The first kappa shape index (κ1) is 16.3. The van der Waals surface area contributed by atoms with E-state index < -0.39 is 0 Å². The topological polar surface area (TPSA) is 85.5 Å². The maximum absolute atomic E-state index is 5.54. The van der Waals surface area contributed by atoms with Crippen LogP contribution in [0.1, 0.15) is 29.9 Å². The molecule has 1 saturated heterocycles. The van der Waals surface area contributed by atoms with Gasteiger partial charge in [-0.15, -0.1) is 0 Å². The van der Waals surface area contributed by atoms with Crippen LogP contribution in [0.25, 0.3) is 0 Å². The molecule has 0 aliphatic carbocycles. The van der Waals surface area contributed by atoms with Crippen LogP contribution in [0.15, 0.2) is 16.9 Å². The van der Waals surface area contributed by atoms with Gasteiger partial charge in [-0.2, -0.15) is 0 Å². The van der Waals surface area contributed by atoms with Crippen molar-refractivity contribution in [3.05, 3.63) is 29.4 Å². The Morgan fingerprint density at radius 2 is 2.20 bits per heavy atom. The Bertz CT molecular complexity index is 712. The fourth-order valence-corrected chi connectivity index (χ4v) is 3.39. The molecule has 2 aliphatic rings. The predicted octanol–water partition coefficient (Wildman–Crippen LogP) is 1.62. The molecule has 2 aliphatic heterocycles. The molecule has 8 nitrogen and oxygen atoms in total. The van der Waals surface area contributed by atoms with Crippen molar-refractivity contribution in [3.63, 3.8) is 0 Å². The van der Waals surface area contributed by atoms with E-state index in [-0.39, 0.29) is 0 Å². The van der Waals surface area contributed by atoms with Crippen molar-refractivity contribution in [2.45, 2.75) is 38.5 Å². The summed E-state index contributed by atoms with van der Waals surface area (Å²) < 4.78 is 16.1. The molecule has 0 unspecified atom stereocenters. The van der Waals surface area contributed by atoms with Gasteiger partial charge in [0.25, 0.3) is 0 Å². The number of anilines is 1. The zero-order valence-corrected chi connectivity index (χ0v) is 14.4. The fourth-order valence-electron chi connectivity index (χ4n) is 3.39. The molecule has 0 atom stereocenters. The standard InChI is InChI=1S/C17H23N5O3/c1-23-17-8-16(18-11-19-17)20-12-2-5-22(6-3-12)9-14-13-10-24-7-4-15(13)25-21-14/h8,11-12H,2-7,9-10H2,1H3,(H,18,19,20). The van der Waals surface area contributed by atoms with Crippen LogP contribution in [-0.2, 0) is 24.3 Å². The third kappa shape index (κ3) is 3.74. The van der Waals surface area contributed by atoms with Crippen molar-refractivity contribution in [1.29, 1.82) is 0 Å². The number of aromatic nitrogens is 3. The normalized spacial score (nSPS) is 18.8. The summed E-state index contributed by atoms with van der Waals surface area (Å²) in [5.74, 6) is 2.39. The number of hydrogen-bond acceptors (Lipinski definition) is 8. The number of piperidine rings is 1. The Kier molecular flexibility index (Phi) is 4.80. The van der Waals surface area contributed by atoms with Crippen LogP contribution in [0, 0.1) is 0 Å². The van der Waals surface area contributed by atoms with E-state index in [1.165, 1.54) is 6.33 Å². The number of likely N-dealkylation sites (tertiary alicyclic amines) is 1. The van der Waals surface area contributed by atoms with Gasteiger partial charge >= 0.3 is 0 Å². The Balaban J connectivity index is 1.30. The number of methoxy groups -OCH3 is 1. The summed E-state index contributed by atoms with van der Waals surface area (Å²) in [6, 6.07) is 2.24. The molecule has 0 saturated carbocycles. The minimum Gasteiger partial charge on any atom is -0.481 e. The highest BCUT2D eigenvalue weighted by atomic mass is 16.5. The lowest BCUT2D eigenvalue weighted by molar-refractivity contribution is 0.102. The van der Waals surface area contributed by atoms with Crippen LogP contribution in [0.4, 0.5) is 5.82 Å². The zero-order valence-electron chi connectivity index (χ0n) is 14.4. The maximum atomic E-state index is 5.54. The first-order chi connectivity index (χ1) is 12.3. The third-order valence-corrected chi connectivity index (χ3v) is 4.83. The number of hydrogen-bond donors (Lipinski definition) is 1. The average Bonchev–Trinajstić information content (AvgIpc) is 3.07. The molecule has 0 bridgehead atoms. The highest BCUT2D eigenvalue weighted by molar-refractivity contribution is 5.38. The van der Waals surface area contributed by atoms with Gasteiger partial charge in [0.05, 0.1) is 20.3 Å². The molecule has 1 N–H and O–H groups in total. The lowest BCUT2D eigenvalue weighted by atomic mass is 10.0. The summed E-state index contributed by atoms with van der Waals surface area (Å²) in [4.78, 5) is 10.7. The summed E-state index contributed by atoms with van der Waals surface area (Å²) >= 11 is 0. The number of fused-ring (bicyclic) bond motifs is 1. The summed E-state index contributed by atoms with van der Waals surface area (Å²) in [7, 11) is 1.61. The van der Waals surface area contributed by atoms with Crippen molar-refractivity contribution >= 4 is 5.82 Å². The van der Waals surface area contributed by atoms with Gasteiger partial charge in [-0.3, -0.25) is 4.90 Å². The van der Waals surface area contributed by atoms with E-state index in [0.717, 1.165) is 68.3 Å². The highest BCUT2D eigenvalue weighted by Crippen LogP contribution is 2.23. The zero-order chi connectivity index (χ0) is 17.1. The molecule has 25 heavy (non-hydrogen) atoms. The Morgan fingerprint density at radius 1 is 1.32 bits per heavy atom. The Hall–Kier alpha value is -2.19. The van der Waals surface area contributed by atoms with Gasteiger partial charge in [0.1, 0.15) is 23.6 Å². The number of nitrogens with one attached hydrogen (secondary N) is 1. The van der Waals surface area contributed by atoms with Gasteiger partial charge in [0.15, 0.2) is 0 Å². The van der Waals surface area contributed by atoms with E-state index in [2.05, 4.69) is 25.3 Å². The minimum atomic E-state index is 0.408. The van der Waals surface area contributed by atoms with Crippen molar-refractivity contribution in [3.8, 4) is 5.88 Å². The van der Waals surface area contributed by atoms with Crippen LogP contribution in [0.3, 0.4) is 0 Å². The maximum Gasteiger partial charge on any atom is 0.218 e. The molecule has 8 heteroatoms. The first-order valence-corrected chi connectivity index (χ1v) is 8.71. The number of nitrogens with zero attached hydrogens (tertiary/aromatic N) is 4. The second kappa shape index (κ2) is 7.37. The van der Waals surface area contributed by atoms with Crippen LogP contribution in [0.5, 0.6) is 5.88 Å². The number of rotatable bonds is 5. The van der Waals surface area contributed by atoms with Gasteiger partial charge in [-0.1, -0.05) is 5.16 Å². The van der Waals surface area contributed by atoms with Crippen molar-refractivity contribution in [1.82, 2.24) is 20.0 Å². The summed E-state index contributed by atoms with van der Waals surface area (Å²) in [5.41, 5.74) is 2.18. The van der Waals surface area contributed by atoms with Gasteiger partial charge in [-0.05, 0) is 12.8 Å². The van der Waals surface area contributed by atoms with Crippen molar-refractivity contribution < 1.29 is 14.0 Å². The van der Waals surface area contributed by atoms with Crippen molar-refractivity contribution in [2.24, 2.45) is 0 Å². The SMILES string of the molecule is COc1cc(NC2CCN(Cc3noc4c3COCC4)CC2)ncn1. The third-order valence-electron chi connectivity index (χ3n) is 4.83. The minimum absolute atomic E-state index is 0.408. The van der Waals surface area contributed by atoms with E-state index in [4.69, 9.17) is 14.0 Å². The molecule has 4 heterocycles. The lowest BCUT2D eigenvalue weighted by Crippen LogP contribution is -2.39. The molecule has 0 aromatic carbocycles. The molecule has 2 aromatic heterocycles. The van der Waals surface area contributed by atoms with Gasteiger partial charge < -0.3 is 19.3 Å². The fraction of sp³-hybridized carbons (Fsp3) is 0.588. The molecule has 2 aromatic rings. The smallest absolute Gasteiger partial charge is 0.218 e. The second-order valence-electron chi connectivity index (χ2n) is 6.47. The van der Waals surface area contributed by atoms with E-state index in [1.54, 1.807) is 7.11 Å². The molecule has 0 radical (unpaired) electrons. The summed E-state index contributed by atoms with van der Waals surface area (Å²) in [6.45, 7) is 4.22. The highest BCUT2D eigenvalue weighted by Gasteiger charge is 2.24. The molecule has 0 amide bonds. The second-order valence-corrected chi connectivity index (χ2v) is 6.47. The average molecular weight is 345 g/mol. The van der Waals surface area contributed by atoms with E-state index in [0.29, 0.717) is 18.5 Å². The van der Waals surface area contributed by atoms with Gasteiger partial charge in [0, 0.05) is 43.7 Å². The molecular formula is C17H23N5O3. The summed E-state index contributed by atoms with van der Waals surface area (Å²) in [5, 5.41) is 7.73. The number of ether oxygens (including phenoxy) is 2. The van der Waals surface area contributed by atoms with Crippen molar-refractivity contribution in [2.75, 3.05) is 32.1 Å². The Labute approximate surface area is 146 Å². The van der Waals surface area contributed by atoms with E-state index in [9.17, 15) is 0 Å². The van der Waals surface area contributed by atoms with Gasteiger partial charge in [-0.25, -0.2) is 9.97 Å². The van der Waals surface area contributed by atoms with E-state index in [1.807, 2.05) is 6.07 Å². The first-order valence-electron chi connectivity index (χ1n) is 8.71. The molecule has 0 spiro atoms. The van der Waals surface area contributed by atoms with Crippen LogP contribution < -0.4 is 10.1 Å². The lowest BCUT2D eigenvalue weighted by Gasteiger charge is -2.32. The van der Waals surface area contributed by atoms with Gasteiger partial charge in [0.2, 0.25) is 5.88 Å². The van der Waals surface area contributed by atoms with E-state index >= 15 is 0 Å². The van der Waals surface area contributed by atoms with Crippen LogP contribution in [-0.4, -0.2) is 52.9 Å². The molecule has 4 rings (SSSR count). The van der Waals surface area contributed by atoms with Crippen LogP contribution >= 0.6 is 0 Å². The molecule has 1 fully saturated rings. The monoisotopic (exact) mass is 345 g/mol. The van der Waals surface area contributed by atoms with Crippen LogP contribution in [0.2, 0.25) is 0 Å². The molecular weight excluding hydrogens is 322 g/mol. The largest absolute Gasteiger partial charge is 0.481 e. The quantitative estimate of drug-likeness (QED) is 0.875. The summed E-state index contributed by atoms with van der Waals surface area (Å²) in [6.07, 6.45) is 4.47. The Morgan fingerprint density at radius 3 is 3.04 bits per heavy atom. The molecule has 134 valence electrons.